The second-order valence-corrected chi connectivity index (χ2v) is 2.78. The van der Waals surface area contributed by atoms with E-state index >= 15 is 0 Å². The Labute approximate surface area is 53.3 Å². The van der Waals surface area contributed by atoms with E-state index in [1.807, 2.05) is 6.92 Å². The standard InChI is InChI=1S/C4H8OS2/c1-2-4(5)7-3-6/h6H,2-3H2,1H3. The molecule has 0 saturated carbocycles. The van der Waals surface area contributed by atoms with Crippen molar-refractivity contribution in [3.05, 3.63) is 0 Å². The molecule has 3 heteroatoms. The lowest BCUT2D eigenvalue weighted by Crippen LogP contribution is -1.84. The molecule has 0 atom stereocenters. The molecule has 0 aromatic heterocycles. The highest BCUT2D eigenvalue weighted by atomic mass is 32.2. The molecule has 0 fully saturated rings. The molecule has 0 aliphatic heterocycles. The molecule has 0 unspecified atom stereocenters. The third kappa shape index (κ3) is 4.22. The Bertz CT molecular complexity index is 62.7. The molecule has 0 N–H and O–H groups in total. The van der Waals surface area contributed by atoms with Crippen molar-refractivity contribution < 1.29 is 4.79 Å². The molecular weight excluding hydrogens is 128 g/mol. The Hall–Kier alpha value is 0.370. The van der Waals surface area contributed by atoms with Gasteiger partial charge in [0.2, 0.25) is 0 Å². The van der Waals surface area contributed by atoms with Crippen molar-refractivity contribution in [2.45, 2.75) is 13.3 Å². The number of thiol groups is 1. The number of carbonyl (C=O) groups excluding carboxylic acids is 1. The van der Waals surface area contributed by atoms with Crippen LogP contribution < -0.4 is 0 Å². The molecule has 42 valence electrons. The summed E-state index contributed by atoms with van der Waals surface area (Å²) in [4.78, 5) is 10.3. The van der Waals surface area contributed by atoms with E-state index in [2.05, 4.69) is 12.6 Å². The molecular formula is C4H8OS2. The molecule has 0 amide bonds. The van der Waals surface area contributed by atoms with Crippen molar-refractivity contribution in [2.24, 2.45) is 0 Å². The van der Waals surface area contributed by atoms with E-state index in [1.54, 1.807) is 0 Å². The fraction of sp³-hybridized carbons (Fsp3) is 0.750. The average molecular weight is 136 g/mol. The maximum atomic E-state index is 10.3. The van der Waals surface area contributed by atoms with E-state index in [0.717, 1.165) is 0 Å². The summed E-state index contributed by atoms with van der Waals surface area (Å²) in [5.74, 6) is 0. The van der Waals surface area contributed by atoms with Gasteiger partial charge in [-0.1, -0.05) is 18.7 Å². The molecule has 0 saturated heterocycles. The summed E-state index contributed by atoms with van der Waals surface area (Å²) in [6.45, 7) is 1.85. The van der Waals surface area contributed by atoms with Crippen molar-refractivity contribution in [3.63, 3.8) is 0 Å². The fourth-order valence-corrected chi connectivity index (χ4v) is 0.954. The number of rotatable bonds is 2. The first kappa shape index (κ1) is 7.37. The Morgan fingerprint density at radius 3 is 2.57 bits per heavy atom. The molecule has 0 radical (unpaired) electrons. The van der Waals surface area contributed by atoms with Gasteiger partial charge in [-0.05, 0) is 0 Å². The predicted molar refractivity (Wildman–Crippen MR) is 36.7 cm³/mol. The minimum absolute atomic E-state index is 0.218. The molecule has 0 aromatic carbocycles. The SMILES string of the molecule is CCC(=O)SCS. The Morgan fingerprint density at radius 2 is 2.43 bits per heavy atom. The van der Waals surface area contributed by atoms with Crippen LogP contribution in [0.3, 0.4) is 0 Å². The van der Waals surface area contributed by atoms with Crippen LogP contribution in [-0.2, 0) is 4.79 Å². The van der Waals surface area contributed by atoms with Gasteiger partial charge in [0.05, 0.1) is 0 Å². The van der Waals surface area contributed by atoms with Crippen molar-refractivity contribution in [3.8, 4) is 0 Å². The van der Waals surface area contributed by atoms with E-state index in [0.29, 0.717) is 11.5 Å². The second-order valence-electron chi connectivity index (χ2n) is 0.999. The molecule has 0 bridgehead atoms. The highest BCUT2D eigenvalue weighted by Gasteiger charge is 1.92. The van der Waals surface area contributed by atoms with E-state index in [4.69, 9.17) is 0 Å². The smallest absolute Gasteiger partial charge is 0.189 e. The van der Waals surface area contributed by atoms with Crippen LogP contribution in [0.25, 0.3) is 0 Å². The first-order chi connectivity index (χ1) is 3.31. The van der Waals surface area contributed by atoms with Crippen LogP contribution in [0.1, 0.15) is 13.3 Å². The van der Waals surface area contributed by atoms with E-state index in [-0.39, 0.29) is 5.12 Å². The van der Waals surface area contributed by atoms with Crippen LogP contribution in [0, 0.1) is 0 Å². The van der Waals surface area contributed by atoms with Gasteiger partial charge >= 0.3 is 0 Å². The summed E-state index contributed by atoms with van der Waals surface area (Å²) in [6.07, 6.45) is 0.616. The minimum Gasteiger partial charge on any atom is -0.287 e. The predicted octanol–water partition coefficient (Wildman–Crippen LogP) is 1.54. The number of hydrogen-bond donors (Lipinski definition) is 1. The van der Waals surface area contributed by atoms with Gasteiger partial charge in [-0.25, -0.2) is 0 Å². The van der Waals surface area contributed by atoms with Gasteiger partial charge in [0.1, 0.15) is 0 Å². The summed E-state index contributed by atoms with van der Waals surface area (Å²) in [6, 6.07) is 0. The van der Waals surface area contributed by atoms with Crippen molar-refractivity contribution in [2.75, 3.05) is 5.08 Å². The zero-order valence-corrected chi connectivity index (χ0v) is 5.89. The Kier molecular flexibility index (Phi) is 4.77. The lowest BCUT2D eigenvalue weighted by molar-refractivity contribution is -0.110. The Balaban J connectivity index is 3.00. The third-order valence-corrected chi connectivity index (χ3v) is 1.64. The Morgan fingerprint density at radius 1 is 1.86 bits per heavy atom. The largest absolute Gasteiger partial charge is 0.287 e. The second kappa shape index (κ2) is 4.53. The van der Waals surface area contributed by atoms with Crippen LogP contribution in [0.4, 0.5) is 0 Å². The topological polar surface area (TPSA) is 17.1 Å². The summed E-state index contributed by atoms with van der Waals surface area (Å²) in [5, 5.41) is 0.821. The normalized spacial score (nSPS) is 8.86. The van der Waals surface area contributed by atoms with Crippen molar-refractivity contribution in [1.29, 1.82) is 0 Å². The molecule has 0 heterocycles. The van der Waals surface area contributed by atoms with Gasteiger partial charge in [-0.15, -0.1) is 0 Å². The molecule has 0 aliphatic rings. The summed E-state index contributed by atoms with van der Waals surface area (Å²) in [7, 11) is 0. The maximum Gasteiger partial charge on any atom is 0.189 e. The fourth-order valence-electron chi connectivity index (χ4n) is 0.174. The summed E-state index contributed by atoms with van der Waals surface area (Å²) >= 11 is 5.11. The lowest BCUT2D eigenvalue weighted by atomic mass is 10.6. The van der Waals surface area contributed by atoms with Gasteiger partial charge in [0.25, 0.3) is 0 Å². The van der Waals surface area contributed by atoms with Crippen LogP contribution in [-0.4, -0.2) is 10.2 Å². The highest BCUT2D eigenvalue weighted by Crippen LogP contribution is 2.04. The van der Waals surface area contributed by atoms with Crippen LogP contribution >= 0.6 is 24.4 Å². The number of thioether (sulfide) groups is 1. The van der Waals surface area contributed by atoms with Crippen molar-refractivity contribution >= 4 is 29.5 Å². The number of hydrogen-bond acceptors (Lipinski definition) is 3. The summed E-state index contributed by atoms with van der Waals surface area (Å²) in [5.41, 5.74) is 0. The van der Waals surface area contributed by atoms with Crippen LogP contribution in [0.15, 0.2) is 0 Å². The molecule has 0 spiro atoms. The molecule has 0 rings (SSSR count). The quantitative estimate of drug-likeness (QED) is 0.458. The number of carbonyl (C=O) groups is 1. The van der Waals surface area contributed by atoms with Crippen LogP contribution in [0.5, 0.6) is 0 Å². The highest BCUT2D eigenvalue weighted by molar-refractivity contribution is 8.20. The zero-order chi connectivity index (χ0) is 5.70. The first-order valence-corrected chi connectivity index (χ1v) is 3.69. The molecule has 1 nitrogen and oxygen atoms in total. The van der Waals surface area contributed by atoms with E-state index < -0.39 is 0 Å². The van der Waals surface area contributed by atoms with E-state index in [9.17, 15) is 4.79 Å². The lowest BCUT2D eigenvalue weighted by Gasteiger charge is -1.86. The average Bonchev–Trinajstić information content (AvgIpc) is 1.68. The van der Waals surface area contributed by atoms with Crippen molar-refractivity contribution in [1.82, 2.24) is 0 Å². The summed E-state index contributed by atoms with van der Waals surface area (Å²) < 4.78 is 0. The first-order valence-electron chi connectivity index (χ1n) is 2.07. The van der Waals surface area contributed by atoms with Gasteiger partial charge in [-0.3, -0.25) is 4.79 Å². The zero-order valence-electron chi connectivity index (χ0n) is 4.18. The molecule has 0 aliphatic carbocycles. The van der Waals surface area contributed by atoms with Crippen LogP contribution in [0.2, 0.25) is 0 Å². The van der Waals surface area contributed by atoms with Gasteiger partial charge in [-0.2, -0.15) is 12.6 Å². The van der Waals surface area contributed by atoms with Gasteiger partial charge in [0, 0.05) is 11.5 Å². The molecule has 0 aromatic rings. The van der Waals surface area contributed by atoms with E-state index in [1.165, 1.54) is 11.8 Å². The molecule has 7 heavy (non-hydrogen) atoms. The minimum atomic E-state index is 0.218. The van der Waals surface area contributed by atoms with Gasteiger partial charge < -0.3 is 0 Å². The van der Waals surface area contributed by atoms with Gasteiger partial charge in [0.15, 0.2) is 5.12 Å². The third-order valence-electron chi connectivity index (χ3n) is 0.514. The monoisotopic (exact) mass is 136 g/mol. The maximum absolute atomic E-state index is 10.3.